The Balaban J connectivity index is 1.55. The van der Waals surface area contributed by atoms with Gasteiger partial charge in [-0.05, 0) is 36.6 Å². The number of carbonyl (C=O) groups is 3. The van der Waals surface area contributed by atoms with Gasteiger partial charge in [0.15, 0.2) is 17.0 Å². The largest absolute Gasteiger partial charge is 0.454 e. The van der Waals surface area contributed by atoms with Crippen LogP contribution in [-0.4, -0.2) is 73.8 Å². The minimum absolute atomic E-state index is 0.00260. The van der Waals surface area contributed by atoms with Crippen molar-refractivity contribution in [2.24, 2.45) is 29.1 Å². The average Bonchev–Trinajstić information content (AvgIpc) is 3.44. The van der Waals surface area contributed by atoms with Gasteiger partial charge in [-0.15, -0.1) is 0 Å². The highest BCUT2D eigenvalue weighted by Gasteiger charge is 2.88. The number of hydrogen-bond acceptors (Lipinski definition) is 9. The molecule has 4 aliphatic carbocycles. The van der Waals surface area contributed by atoms with E-state index in [1.54, 1.807) is 43.3 Å². The zero-order chi connectivity index (χ0) is 33.7. The molecule has 252 valence electrons. The maximum atomic E-state index is 13.6. The summed E-state index contributed by atoms with van der Waals surface area (Å²) in [6.07, 6.45) is 7.50. The number of aliphatic hydroxyl groups excluding tert-OH is 2. The predicted octanol–water partition coefficient (Wildman–Crippen LogP) is 4.46. The average molecular weight is 639 g/mol. The molecule has 1 aromatic carbocycles. The summed E-state index contributed by atoms with van der Waals surface area (Å²) in [7, 11) is 0. The van der Waals surface area contributed by atoms with E-state index in [9.17, 15) is 34.8 Å². The van der Waals surface area contributed by atoms with Gasteiger partial charge in [0.2, 0.25) is 0 Å². The van der Waals surface area contributed by atoms with Crippen LogP contribution in [0.25, 0.3) is 0 Å². The predicted molar refractivity (Wildman–Crippen MR) is 170 cm³/mol. The van der Waals surface area contributed by atoms with E-state index in [1.807, 2.05) is 13.8 Å². The Morgan fingerprint density at radius 1 is 0.957 bits per heavy atom. The van der Waals surface area contributed by atoms with Crippen LogP contribution in [0.4, 0.5) is 0 Å². The highest BCUT2D eigenvalue weighted by atomic mass is 16.6. The highest BCUT2D eigenvalue weighted by molar-refractivity contribution is 6.05. The van der Waals surface area contributed by atoms with Crippen molar-refractivity contribution in [2.45, 2.75) is 115 Å². The van der Waals surface area contributed by atoms with E-state index in [4.69, 9.17) is 9.47 Å². The molecule has 0 saturated heterocycles. The van der Waals surface area contributed by atoms with Gasteiger partial charge in [-0.1, -0.05) is 96.6 Å². The first-order valence-electron chi connectivity index (χ1n) is 16.9. The molecule has 0 aromatic heterocycles. The lowest BCUT2D eigenvalue weighted by molar-refractivity contribution is -0.225. The zero-order valence-corrected chi connectivity index (χ0v) is 27.7. The van der Waals surface area contributed by atoms with E-state index in [-0.39, 0.29) is 23.1 Å². The van der Waals surface area contributed by atoms with Crippen molar-refractivity contribution in [3.8, 4) is 0 Å². The molecular weight excluding hydrogens is 588 g/mol. The molecule has 0 radical (unpaired) electrons. The summed E-state index contributed by atoms with van der Waals surface area (Å²) in [6, 6.07) is 8.41. The van der Waals surface area contributed by atoms with Gasteiger partial charge in [0.05, 0.1) is 17.8 Å². The number of rotatable bonds is 12. The van der Waals surface area contributed by atoms with Crippen molar-refractivity contribution in [1.29, 1.82) is 0 Å². The van der Waals surface area contributed by atoms with Crippen LogP contribution < -0.4 is 0 Å². The molecule has 9 heteroatoms. The lowest BCUT2D eigenvalue weighted by atomic mass is 9.58. The topological polar surface area (TPSA) is 151 Å². The first-order chi connectivity index (χ1) is 21.7. The second-order valence-electron chi connectivity index (χ2n) is 14.5. The Morgan fingerprint density at radius 2 is 1.59 bits per heavy atom. The maximum Gasteiger partial charge on any atom is 0.338 e. The molecule has 4 aliphatic rings. The molecule has 46 heavy (non-hydrogen) atoms. The van der Waals surface area contributed by atoms with Crippen LogP contribution in [0.2, 0.25) is 0 Å². The number of benzene rings is 1. The number of unbranched alkanes of at least 4 members (excludes halogenated alkanes) is 6. The van der Waals surface area contributed by atoms with Gasteiger partial charge in [-0.25, -0.2) is 4.79 Å². The molecule has 0 amide bonds. The van der Waals surface area contributed by atoms with Crippen molar-refractivity contribution >= 4 is 17.7 Å². The number of aliphatic hydroxyl groups is 4. The number of hydrogen-bond donors (Lipinski definition) is 4. The van der Waals surface area contributed by atoms with Crippen LogP contribution >= 0.6 is 0 Å². The van der Waals surface area contributed by atoms with Crippen LogP contribution in [0.5, 0.6) is 0 Å². The van der Waals surface area contributed by atoms with Crippen LogP contribution in [0, 0.1) is 29.1 Å². The van der Waals surface area contributed by atoms with Gasteiger partial charge in [-0.2, -0.15) is 0 Å². The third kappa shape index (κ3) is 5.09. The molecule has 2 fully saturated rings. The first-order valence-corrected chi connectivity index (χ1v) is 16.9. The third-order valence-electron chi connectivity index (χ3n) is 11.6. The summed E-state index contributed by atoms with van der Waals surface area (Å²) < 4.78 is 12.7. The van der Waals surface area contributed by atoms with Gasteiger partial charge < -0.3 is 29.9 Å². The lowest BCUT2D eigenvalue weighted by Crippen LogP contribution is -2.67. The molecule has 9 nitrogen and oxygen atoms in total. The zero-order valence-electron chi connectivity index (χ0n) is 27.7. The molecule has 0 heterocycles. The molecule has 0 aliphatic heterocycles. The minimum atomic E-state index is -2.45. The van der Waals surface area contributed by atoms with Crippen LogP contribution in [0.3, 0.4) is 0 Å². The summed E-state index contributed by atoms with van der Waals surface area (Å²) >= 11 is 0. The van der Waals surface area contributed by atoms with Crippen LogP contribution in [0.1, 0.15) is 96.3 Å². The van der Waals surface area contributed by atoms with Gasteiger partial charge in [0.25, 0.3) is 0 Å². The summed E-state index contributed by atoms with van der Waals surface area (Å²) in [4.78, 5) is 40.6. The van der Waals surface area contributed by atoms with Gasteiger partial charge in [0, 0.05) is 35.5 Å². The molecule has 9 atom stereocenters. The Morgan fingerprint density at radius 3 is 2.22 bits per heavy atom. The van der Waals surface area contributed by atoms with E-state index in [0.29, 0.717) is 6.42 Å². The summed E-state index contributed by atoms with van der Waals surface area (Å²) in [6.45, 7) is 8.47. The number of carbonyl (C=O) groups excluding carboxylic acids is 3. The number of esters is 2. The summed E-state index contributed by atoms with van der Waals surface area (Å²) in [5, 5.41) is 46.6. The normalized spacial score (nSPS) is 37.2. The smallest absolute Gasteiger partial charge is 0.338 e. The van der Waals surface area contributed by atoms with E-state index in [1.165, 1.54) is 25.8 Å². The van der Waals surface area contributed by atoms with Crippen molar-refractivity contribution in [2.75, 3.05) is 6.61 Å². The summed E-state index contributed by atoms with van der Waals surface area (Å²) in [5.41, 5.74) is -6.10. The number of ketones is 1. The van der Waals surface area contributed by atoms with Crippen LogP contribution in [0.15, 0.2) is 53.6 Å². The molecule has 5 rings (SSSR count). The summed E-state index contributed by atoms with van der Waals surface area (Å²) in [5.74, 6) is -5.61. The molecule has 2 saturated carbocycles. The number of ether oxygens (including phenoxy) is 2. The fourth-order valence-corrected chi connectivity index (χ4v) is 9.06. The monoisotopic (exact) mass is 638 g/mol. The first kappa shape index (κ1) is 34.5. The number of fused-ring (bicyclic) bond motifs is 5. The second kappa shape index (κ2) is 12.6. The van der Waals surface area contributed by atoms with Crippen molar-refractivity contribution in [1.82, 2.24) is 0 Å². The molecule has 0 spiro atoms. The SMILES string of the molecule is CCCCCCCCCC(=O)O[C@@]12[C@H](OC(=O)c3ccccc3)[C@@H](C)[C@]3(O)[C@@H]4C=C(C)C(=O)[C@@]4(O)[C@H](O)C(CO)=C[C@H]3[C@@H]1C2(C)C. The van der Waals surface area contributed by atoms with Crippen molar-refractivity contribution < 1.29 is 44.3 Å². The molecule has 0 bridgehead atoms. The van der Waals surface area contributed by atoms with E-state index < -0.39 is 82.4 Å². The van der Waals surface area contributed by atoms with E-state index >= 15 is 0 Å². The van der Waals surface area contributed by atoms with Gasteiger partial charge >= 0.3 is 11.9 Å². The van der Waals surface area contributed by atoms with Gasteiger partial charge in [0.1, 0.15) is 12.2 Å². The van der Waals surface area contributed by atoms with Gasteiger partial charge in [-0.3, -0.25) is 9.59 Å². The third-order valence-corrected chi connectivity index (χ3v) is 11.6. The fraction of sp³-hybridized carbons (Fsp3) is 0.649. The van der Waals surface area contributed by atoms with E-state index in [0.717, 1.165) is 25.7 Å². The molecule has 1 aromatic rings. The van der Waals surface area contributed by atoms with Crippen LogP contribution in [-0.2, 0) is 19.1 Å². The fourth-order valence-electron chi connectivity index (χ4n) is 9.06. The highest BCUT2D eigenvalue weighted by Crippen LogP contribution is 2.77. The molecular formula is C37H50O9. The van der Waals surface area contributed by atoms with Crippen molar-refractivity contribution in [3.05, 3.63) is 59.2 Å². The lowest BCUT2D eigenvalue weighted by Gasteiger charge is -2.53. The quantitative estimate of drug-likeness (QED) is 0.148. The Bertz CT molecular complexity index is 1400. The standard InChI is InChI=1S/C37H50O9/c1-6-7-8-9-10-11-15-18-28(39)46-37-29(34(37,4)5)26-20-25(21-38)31(41)36(44)27(19-22(2)30(36)40)35(26,43)23(3)32(37)45-33(42)24-16-13-12-14-17-24/h12-14,16-17,19-20,23,26-27,29,31-32,38,41,43-44H,6-11,15,18,21H2,1-5H3/t23-,26+,27+,29-,31-,32-,35-,36-,37-/m1/s1. The Kier molecular flexibility index (Phi) is 9.47. The molecule has 4 N–H and O–H groups in total. The van der Waals surface area contributed by atoms with Crippen molar-refractivity contribution in [3.63, 3.8) is 0 Å². The Hall–Kier alpha value is -2.85. The maximum absolute atomic E-state index is 13.6. The minimum Gasteiger partial charge on any atom is -0.454 e. The number of Topliss-reactive ketones (excluding diaryl/α,β-unsaturated/α-hetero) is 1. The van der Waals surface area contributed by atoms with E-state index in [2.05, 4.69) is 6.92 Å². The second-order valence-corrected chi connectivity index (χ2v) is 14.5. The Labute approximate surface area is 271 Å². The molecule has 0 unspecified atom stereocenters.